The van der Waals surface area contributed by atoms with Gasteiger partial charge in [0.25, 0.3) is 5.91 Å². The number of benzene rings is 2. The molecule has 0 spiro atoms. The summed E-state index contributed by atoms with van der Waals surface area (Å²) in [6, 6.07) is 8.44. The maximum absolute atomic E-state index is 12.5. The number of amides is 1. The molecule has 0 aliphatic rings. The molecule has 25 heavy (non-hydrogen) atoms. The molecule has 0 saturated carbocycles. The Labute approximate surface area is 153 Å². The third-order valence-corrected chi connectivity index (χ3v) is 3.82. The van der Waals surface area contributed by atoms with Crippen LogP contribution in [0.1, 0.15) is 31.1 Å². The number of hydrogen-bond donors (Lipinski definition) is 1. The second kappa shape index (κ2) is 8.00. The van der Waals surface area contributed by atoms with Crippen molar-refractivity contribution in [1.29, 1.82) is 0 Å². The zero-order chi connectivity index (χ0) is 18.6. The maximum Gasteiger partial charge on any atom is 0.339 e. The SMILES string of the molecule is COC(=O)c1ccc(C(=O)OC)c(NC(=O)c2ccc(Cl)cc2Cl)c1. The van der Waals surface area contributed by atoms with E-state index in [1.54, 1.807) is 0 Å². The third kappa shape index (κ3) is 4.29. The smallest absolute Gasteiger partial charge is 0.339 e. The van der Waals surface area contributed by atoms with Crippen LogP contribution in [0.2, 0.25) is 10.0 Å². The average Bonchev–Trinajstić information content (AvgIpc) is 2.60. The summed E-state index contributed by atoms with van der Waals surface area (Å²) < 4.78 is 9.32. The summed E-state index contributed by atoms with van der Waals surface area (Å²) in [6.45, 7) is 0. The third-order valence-electron chi connectivity index (χ3n) is 3.27. The summed E-state index contributed by atoms with van der Waals surface area (Å²) in [4.78, 5) is 36.0. The van der Waals surface area contributed by atoms with Gasteiger partial charge in [0.15, 0.2) is 0 Å². The molecule has 0 radical (unpaired) electrons. The van der Waals surface area contributed by atoms with Crippen LogP contribution in [-0.4, -0.2) is 32.1 Å². The minimum absolute atomic E-state index is 0.0774. The number of esters is 2. The zero-order valence-corrected chi connectivity index (χ0v) is 14.8. The Morgan fingerprint density at radius 3 is 2.12 bits per heavy atom. The predicted octanol–water partition coefficient (Wildman–Crippen LogP) is 3.82. The lowest BCUT2D eigenvalue weighted by molar-refractivity contribution is 0.0587. The highest BCUT2D eigenvalue weighted by atomic mass is 35.5. The lowest BCUT2D eigenvalue weighted by Crippen LogP contribution is -2.17. The van der Waals surface area contributed by atoms with E-state index in [1.807, 2.05) is 0 Å². The molecule has 1 N–H and O–H groups in total. The van der Waals surface area contributed by atoms with Gasteiger partial charge in [-0.3, -0.25) is 4.79 Å². The minimum atomic E-state index is -0.672. The Morgan fingerprint density at radius 1 is 0.880 bits per heavy atom. The van der Waals surface area contributed by atoms with Crippen molar-refractivity contribution in [2.45, 2.75) is 0 Å². The van der Waals surface area contributed by atoms with E-state index in [2.05, 4.69) is 14.8 Å². The van der Waals surface area contributed by atoms with E-state index in [1.165, 1.54) is 50.6 Å². The van der Waals surface area contributed by atoms with Crippen molar-refractivity contribution in [2.24, 2.45) is 0 Å². The van der Waals surface area contributed by atoms with Crippen LogP contribution < -0.4 is 5.32 Å². The Hall–Kier alpha value is -2.57. The van der Waals surface area contributed by atoms with Crippen molar-refractivity contribution in [3.8, 4) is 0 Å². The number of methoxy groups -OCH3 is 2. The van der Waals surface area contributed by atoms with Crippen molar-refractivity contribution < 1.29 is 23.9 Å². The molecule has 0 atom stereocenters. The maximum atomic E-state index is 12.5. The van der Waals surface area contributed by atoms with Crippen LogP contribution in [0.4, 0.5) is 5.69 Å². The quantitative estimate of drug-likeness (QED) is 0.814. The first-order valence-electron chi connectivity index (χ1n) is 6.94. The fraction of sp³-hybridized carbons (Fsp3) is 0.118. The van der Waals surface area contributed by atoms with E-state index < -0.39 is 17.8 Å². The molecule has 0 saturated heterocycles. The molecule has 0 aliphatic carbocycles. The standard InChI is InChI=1S/C17H13Cl2NO5/c1-24-16(22)9-3-5-12(17(23)25-2)14(7-9)20-15(21)11-6-4-10(18)8-13(11)19/h3-8H,1-2H3,(H,20,21). The summed E-state index contributed by atoms with van der Waals surface area (Å²) in [5.74, 6) is -1.86. The van der Waals surface area contributed by atoms with Gasteiger partial charge in [0, 0.05) is 5.02 Å². The average molecular weight is 382 g/mol. The van der Waals surface area contributed by atoms with Crippen molar-refractivity contribution in [3.63, 3.8) is 0 Å². The number of nitrogens with one attached hydrogen (secondary N) is 1. The summed E-state index contributed by atoms with van der Waals surface area (Å²) >= 11 is 11.8. The van der Waals surface area contributed by atoms with Crippen LogP contribution in [0, 0.1) is 0 Å². The Kier molecular flexibility index (Phi) is 6.01. The molecule has 0 aromatic heterocycles. The molecule has 2 aromatic rings. The number of anilines is 1. The van der Waals surface area contributed by atoms with E-state index in [0.29, 0.717) is 5.02 Å². The monoisotopic (exact) mass is 381 g/mol. The first-order valence-corrected chi connectivity index (χ1v) is 7.70. The molecule has 0 aliphatic heterocycles. The summed E-state index contributed by atoms with van der Waals surface area (Å²) in [7, 11) is 2.43. The molecule has 1 amide bonds. The van der Waals surface area contributed by atoms with Crippen LogP contribution >= 0.6 is 23.2 Å². The molecule has 6 nitrogen and oxygen atoms in total. The Morgan fingerprint density at radius 2 is 1.52 bits per heavy atom. The van der Waals surface area contributed by atoms with Crippen LogP contribution in [0.5, 0.6) is 0 Å². The van der Waals surface area contributed by atoms with Gasteiger partial charge in [-0.1, -0.05) is 23.2 Å². The highest BCUT2D eigenvalue weighted by molar-refractivity contribution is 6.37. The predicted molar refractivity (Wildman–Crippen MR) is 93.5 cm³/mol. The van der Waals surface area contributed by atoms with Gasteiger partial charge in [0.05, 0.1) is 41.6 Å². The highest BCUT2D eigenvalue weighted by Gasteiger charge is 2.19. The van der Waals surface area contributed by atoms with Gasteiger partial charge in [0.2, 0.25) is 0 Å². The molecule has 130 valence electrons. The van der Waals surface area contributed by atoms with Gasteiger partial charge in [-0.25, -0.2) is 9.59 Å². The summed E-state index contributed by atoms with van der Waals surface area (Å²) in [5.41, 5.74) is 0.484. The van der Waals surface area contributed by atoms with Gasteiger partial charge < -0.3 is 14.8 Å². The van der Waals surface area contributed by atoms with Crippen molar-refractivity contribution in [3.05, 3.63) is 63.1 Å². The Bertz CT molecular complexity index is 851. The van der Waals surface area contributed by atoms with Gasteiger partial charge in [-0.2, -0.15) is 0 Å². The lowest BCUT2D eigenvalue weighted by atomic mass is 10.1. The molecule has 0 bridgehead atoms. The van der Waals surface area contributed by atoms with Crippen molar-refractivity contribution >= 4 is 46.7 Å². The zero-order valence-electron chi connectivity index (χ0n) is 13.3. The van der Waals surface area contributed by atoms with E-state index in [0.717, 1.165) is 0 Å². The summed E-state index contributed by atoms with van der Waals surface area (Å²) in [6.07, 6.45) is 0. The molecule has 0 heterocycles. The van der Waals surface area contributed by atoms with Crippen LogP contribution in [-0.2, 0) is 9.47 Å². The number of ether oxygens (including phenoxy) is 2. The normalized spacial score (nSPS) is 10.1. The second-order valence-corrected chi connectivity index (χ2v) is 5.67. The van der Waals surface area contributed by atoms with Crippen molar-refractivity contribution in [2.75, 3.05) is 19.5 Å². The van der Waals surface area contributed by atoms with E-state index in [-0.39, 0.29) is 27.4 Å². The van der Waals surface area contributed by atoms with Gasteiger partial charge >= 0.3 is 11.9 Å². The fourth-order valence-corrected chi connectivity index (χ4v) is 2.54. The van der Waals surface area contributed by atoms with Crippen LogP contribution in [0.25, 0.3) is 0 Å². The van der Waals surface area contributed by atoms with Gasteiger partial charge in [0.1, 0.15) is 0 Å². The van der Waals surface area contributed by atoms with Crippen molar-refractivity contribution in [1.82, 2.24) is 0 Å². The topological polar surface area (TPSA) is 81.7 Å². The highest BCUT2D eigenvalue weighted by Crippen LogP contribution is 2.24. The molecule has 0 fully saturated rings. The van der Waals surface area contributed by atoms with E-state index >= 15 is 0 Å². The van der Waals surface area contributed by atoms with Gasteiger partial charge in [-0.05, 0) is 36.4 Å². The molecular weight excluding hydrogens is 369 g/mol. The lowest BCUT2D eigenvalue weighted by Gasteiger charge is -2.12. The Balaban J connectivity index is 2.42. The summed E-state index contributed by atoms with van der Waals surface area (Å²) in [5, 5.41) is 3.07. The number of carbonyl (C=O) groups excluding carboxylic acids is 3. The van der Waals surface area contributed by atoms with Crippen LogP contribution in [0.3, 0.4) is 0 Å². The minimum Gasteiger partial charge on any atom is -0.465 e. The number of halogens is 2. The van der Waals surface area contributed by atoms with E-state index in [9.17, 15) is 14.4 Å². The fourth-order valence-electron chi connectivity index (χ4n) is 2.04. The largest absolute Gasteiger partial charge is 0.465 e. The first kappa shape index (κ1) is 18.8. The first-order chi connectivity index (χ1) is 11.9. The number of carbonyl (C=O) groups is 3. The van der Waals surface area contributed by atoms with Crippen LogP contribution in [0.15, 0.2) is 36.4 Å². The second-order valence-electron chi connectivity index (χ2n) is 4.82. The molecule has 2 rings (SSSR count). The van der Waals surface area contributed by atoms with E-state index in [4.69, 9.17) is 23.2 Å². The van der Waals surface area contributed by atoms with Gasteiger partial charge in [-0.15, -0.1) is 0 Å². The molecular formula is C17H13Cl2NO5. The number of rotatable bonds is 4. The molecule has 8 heteroatoms. The number of hydrogen-bond acceptors (Lipinski definition) is 5. The molecule has 0 unspecified atom stereocenters. The molecule has 2 aromatic carbocycles.